The maximum absolute atomic E-state index is 11.7. The van der Waals surface area contributed by atoms with Crippen molar-refractivity contribution in [1.82, 2.24) is 9.97 Å². The predicted octanol–water partition coefficient (Wildman–Crippen LogP) is 2.54. The Bertz CT molecular complexity index is 702. The third-order valence-corrected chi connectivity index (χ3v) is 3.19. The van der Waals surface area contributed by atoms with Gasteiger partial charge in [0.15, 0.2) is 12.3 Å². The zero-order valence-electron chi connectivity index (χ0n) is 12.1. The summed E-state index contributed by atoms with van der Waals surface area (Å²) >= 11 is 5.97. The molecule has 22 heavy (non-hydrogen) atoms. The molecule has 0 bridgehead atoms. The highest BCUT2D eigenvalue weighted by molar-refractivity contribution is 6.31. The second kappa shape index (κ2) is 7.00. The molecular weight excluding hydrogens is 306 g/mol. The third kappa shape index (κ3) is 4.26. The van der Waals surface area contributed by atoms with E-state index in [1.54, 1.807) is 25.1 Å². The number of benzene rings is 1. The van der Waals surface area contributed by atoms with Crippen LogP contribution in [0.2, 0.25) is 5.02 Å². The van der Waals surface area contributed by atoms with Gasteiger partial charge in [-0.3, -0.25) is 9.78 Å². The highest BCUT2D eigenvalue weighted by atomic mass is 35.5. The van der Waals surface area contributed by atoms with Crippen LogP contribution in [-0.4, -0.2) is 28.5 Å². The Labute approximate surface area is 132 Å². The normalized spacial score (nSPS) is 10.1. The quantitative estimate of drug-likeness (QED) is 0.876. The van der Waals surface area contributed by atoms with Crippen molar-refractivity contribution in [3.8, 4) is 0 Å². The van der Waals surface area contributed by atoms with E-state index in [4.69, 9.17) is 16.3 Å². The number of carbonyl (C=O) groups excluding carboxylic acids is 2. The number of rotatable bonds is 4. The van der Waals surface area contributed by atoms with Crippen molar-refractivity contribution in [1.29, 1.82) is 0 Å². The number of carbonyl (C=O) groups is 2. The molecule has 0 unspecified atom stereocenters. The number of aromatic nitrogens is 2. The van der Waals surface area contributed by atoms with E-state index >= 15 is 0 Å². The van der Waals surface area contributed by atoms with Gasteiger partial charge in [-0.05, 0) is 31.5 Å². The first-order valence-corrected chi connectivity index (χ1v) is 6.85. The molecule has 0 atom stereocenters. The second-order valence-electron chi connectivity index (χ2n) is 4.63. The summed E-state index contributed by atoms with van der Waals surface area (Å²) in [6.45, 7) is 3.19. The summed E-state index contributed by atoms with van der Waals surface area (Å²) in [5.74, 6) is -1.17. The third-order valence-electron chi connectivity index (χ3n) is 2.78. The molecule has 1 aromatic heterocycles. The number of halogens is 1. The number of amides is 1. The van der Waals surface area contributed by atoms with Gasteiger partial charge in [0.05, 0.1) is 11.9 Å². The van der Waals surface area contributed by atoms with Crippen LogP contribution in [0.25, 0.3) is 0 Å². The van der Waals surface area contributed by atoms with Gasteiger partial charge in [-0.15, -0.1) is 0 Å². The molecule has 0 saturated carbocycles. The lowest BCUT2D eigenvalue weighted by Gasteiger charge is -2.07. The molecule has 1 heterocycles. The number of hydrogen-bond acceptors (Lipinski definition) is 5. The van der Waals surface area contributed by atoms with Crippen LogP contribution in [0.3, 0.4) is 0 Å². The Kier molecular flexibility index (Phi) is 5.06. The first kappa shape index (κ1) is 15.9. The van der Waals surface area contributed by atoms with Crippen LogP contribution in [0.15, 0.2) is 30.6 Å². The van der Waals surface area contributed by atoms with Gasteiger partial charge in [0.25, 0.3) is 5.91 Å². The van der Waals surface area contributed by atoms with E-state index in [1.165, 1.54) is 12.4 Å². The highest BCUT2D eigenvalue weighted by Crippen LogP contribution is 2.19. The molecule has 6 nitrogen and oxygen atoms in total. The van der Waals surface area contributed by atoms with Gasteiger partial charge in [-0.1, -0.05) is 17.7 Å². The van der Waals surface area contributed by atoms with E-state index in [0.717, 1.165) is 5.56 Å². The van der Waals surface area contributed by atoms with Crippen LogP contribution in [0.5, 0.6) is 0 Å². The average Bonchev–Trinajstić information content (AvgIpc) is 2.49. The van der Waals surface area contributed by atoms with Crippen molar-refractivity contribution in [3.05, 3.63) is 52.6 Å². The summed E-state index contributed by atoms with van der Waals surface area (Å²) in [5, 5.41) is 3.14. The van der Waals surface area contributed by atoms with Crippen molar-refractivity contribution < 1.29 is 14.3 Å². The summed E-state index contributed by atoms with van der Waals surface area (Å²) in [6.07, 6.45) is 2.75. The molecule has 1 aromatic carbocycles. The molecule has 1 N–H and O–H groups in total. The van der Waals surface area contributed by atoms with Crippen LogP contribution < -0.4 is 5.32 Å². The smallest absolute Gasteiger partial charge is 0.359 e. The molecule has 0 spiro atoms. The fourth-order valence-corrected chi connectivity index (χ4v) is 1.75. The monoisotopic (exact) mass is 319 g/mol. The van der Waals surface area contributed by atoms with Crippen LogP contribution in [0, 0.1) is 13.8 Å². The second-order valence-corrected chi connectivity index (χ2v) is 5.04. The van der Waals surface area contributed by atoms with E-state index in [9.17, 15) is 9.59 Å². The fourth-order valence-electron chi connectivity index (χ4n) is 1.57. The maximum atomic E-state index is 11.7. The number of aryl methyl sites for hydroxylation is 2. The zero-order chi connectivity index (χ0) is 16.1. The highest BCUT2D eigenvalue weighted by Gasteiger charge is 2.12. The minimum Gasteiger partial charge on any atom is -0.451 e. The van der Waals surface area contributed by atoms with Crippen molar-refractivity contribution in [2.45, 2.75) is 13.8 Å². The summed E-state index contributed by atoms with van der Waals surface area (Å²) in [4.78, 5) is 31.2. The molecule has 2 aromatic rings. The maximum Gasteiger partial charge on any atom is 0.359 e. The molecule has 0 saturated heterocycles. The van der Waals surface area contributed by atoms with Crippen LogP contribution >= 0.6 is 11.6 Å². The first-order valence-electron chi connectivity index (χ1n) is 6.47. The van der Waals surface area contributed by atoms with Gasteiger partial charge >= 0.3 is 5.97 Å². The Balaban J connectivity index is 1.88. The number of nitrogens with one attached hydrogen (secondary N) is 1. The molecule has 0 fully saturated rings. The van der Waals surface area contributed by atoms with Gasteiger partial charge in [-0.25, -0.2) is 9.78 Å². The number of esters is 1. The first-order chi connectivity index (χ1) is 10.5. The lowest BCUT2D eigenvalue weighted by Crippen LogP contribution is -2.21. The van der Waals surface area contributed by atoms with E-state index in [2.05, 4.69) is 15.3 Å². The van der Waals surface area contributed by atoms with Crippen molar-refractivity contribution in [2.24, 2.45) is 0 Å². The Morgan fingerprint density at radius 3 is 2.64 bits per heavy atom. The van der Waals surface area contributed by atoms with Crippen LogP contribution in [0.1, 0.15) is 21.7 Å². The minimum absolute atomic E-state index is 0.0526. The lowest BCUT2D eigenvalue weighted by molar-refractivity contribution is -0.119. The lowest BCUT2D eigenvalue weighted by atomic mass is 10.2. The summed E-state index contributed by atoms with van der Waals surface area (Å²) in [7, 11) is 0. The number of nitrogens with zero attached hydrogens (tertiary/aromatic N) is 2. The molecular formula is C15H14ClN3O3. The Hall–Kier alpha value is -2.47. The van der Waals surface area contributed by atoms with Gasteiger partial charge in [-0.2, -0.15) is 0 Å². The van der Waals surface area contributed by atoms with Crippen molar-refractivity contribution in [2.75, 3.05) is 11.9 Å². The summed E-state index contributed by atoms with van der Waals surface area (Å²) in [5.41, 5.74) is 2.18. The van der Waals surface area contributed by atoms with Gasteiger partial charge in [0.2, 0.25) is 0 Å². The van der Waals surface area contributed by atoms with E-state index in [1.807, 2.05) is 6.92 Å². The molecule has 0 aliphatic heterocycles. The van der Waals surface area contributed by atoms with Crippen molar-refractivity contribution in [3.63, 3.8) is 0 Å². The zero-order valence-corrected chi connectivity index (χ0v) is 12.8. The van der Waals surface area contributed by atoms with E-state index in [0.29, 0.717) is 16.4 Å². The number of ether oxygens (including phenoxy) is 1. The number of anilines is 1. The topological polar surface area (TPSA) is 81.2 Å². The molecule has 0 aliphatic rings. The average molecular weight is 320 g/mol. The van der Waals surface area contributed by atoms with Crippen LogP contribution in [0.4, 0.5) is 5.69 Å². The molecule has 114 valence electrons. The van der Waals surface area contributed by atoms with Gasteiger partial charge in [0.1, 0.15) is 0 Å². The van der Waals surface area contributed by atoms with Crippen molar-refractivity contribution >= 4 is 29.2 Å². The molecule has 7 heteroatoms. The fraction of sp³-hybridized carbons (Fsp3) is 0.200. The molecule has 0 radical (unpaired) electrons. The molecule has 2 rings (SSSR count). The standard InChI is InChI=1S/C15H14ClN3O3/c1-9-3-4-11(5-12(9)16)19-14(20)8-22-15(21)13-7-17-10(2)6-18-13/h3-7H,8H2,1-2H3,(H,19,20). The largest absolute Gasteiger partial charge is 0.451 e. The predicted molar refractivity (Wildman–Crippen MR) is 81.9 cm³/mol. The van der Waals surface area contributed by atoms with Gasteiger partial charge in [0, 0.05) is 16.9 Å². The Morgan fingerprint density at radius 1 is 1.23 bits per heavy atom. The SMILES string of the molecule is Cc1cnc(C(=O)OCC(=O)Nc2ccc(C)c(Cl)c2)cn1. The molecule has 1 amide bonds. The molecule has 0 aliphatic carbocycles. The van der Waals surface area contributed by atoms with Gasteiger partial charge < -0.3 is 10.1 Å². The summed E-state index contributed by atoms with van der Waals surface area (Å²) in [6, 6.07) is 5.13. The minimum atomic E-state index is -0.704. The summed E-state index contributed by atoms with van der Waals surface area (Å²) < 4.78 is 4.87. The van der Waals surface area contributed by atoms with E-state index < -0.39 is 18.5 Å². The van der Waals surface area contributed by atoms with E-state index in [-0.39, 0.29) is 5.69 Å². The number of hydrogen-bond donors (Lipinski definition) is 1. The van der Waals surface area contributed by atoms with Crippen LogP contribution in [-0.2, 0) is 9.53 Å². The Morgan fingerprint density at radius 2 is 2.00 bits per heavy atom.